The maximum absolute atomic E-state index is 13.6. The summed E-state index contributed by atoms with van der Waals surface area (Å²) in [4.78, 5) is 75.2. The van der Waals surface area contributed by atoms with Crippen LogP contribution in [0, 0.1) is 11.3 Å². The largest absolute Gasteiger partial charge is 0.371 e. The van der Waals surface area contributed by atoms with Crippen LogP contribution in [0.1, 0.15) is 91.2 Å². The van der Waals surface area contributed by atoms with E-state index in [0.717, 1.165) is 84.7 Å². The zero-order valence-electron chi connectivity index (χ0n) is 30.5. The number of aromatic amines is 1. The summed E-state index contributed by atoms with van der Waals surface area (Å²) in [6.45, 7) is 7.72. The molecule has 5 aliphatic heterocycles. The highest BCUT2D eigenvalue weighted by atomic mass is 16.2. The maximum atomic E-state index is 13.6. The highest BCUT2D eigenvalue weighted by Gasteiger charge is 2.45. The van der Waals surface area contributed by atoms with Crippen LogP contribution >= 0.6 is 0 Å². The van der Waals surface area contributed by atoms with E-state index >= 15 is 0 Å². The molecule has 1 aromatic heterocycles. The van der Waals surface area contributed by atoms with Crippen molar-refractivity contribution in [1.29, 1.82) is 0 Å². The van der Waals surface area contributed by atoms with Gasteiger partial charge in [0.1, 0.15) is 6.04 Å². The number of piperidine rings is 2. The molecule has 276 valence electrons. The van der Waals surface area contributed by atoms with Crippen LogP contribution in [0.3, 0.4) is 0 Å². The summed E-state index contributed by atoms with van der Waals surface area (Å²) in [5.41, 5.74) is 14.5. The zero-order chi connectivity index (χ0) is 36.8. The van der Waals surface area contributed by atoms with E-state index in [1.165, 1.54) is 17.7 Å². The third-order valence-electron chi connectivity index (χ3n) is 12.5. The average Bonchev–Trinajstić information content (AvgIpc) is 3.80. The summed E-state index contributed by atoms with van der Waals surface area (Å²) in [5, 5.41) is 3.37. The normalized spacial score (nSPS) is 25.0. The van der Waals surface area contributed by atoms with Gasteiger partial charge in [-0.25, -0.2) is 5.43 Å². The predicted octanol–water partition coefficient (Wildman–Crippen LogP) is 3.75. The Hall–Kier alpha value is -5.01. The molecule has 6 heterocycles. The number of hydrogen-bond acceptors (Lipinski definition) is 9. The highest BCUT2D eigenvalue weighted by Crippen LogP contribution is 2.44. The van der Waals surface area contributed by atoms with Crippen LogP contribution < -0.4 is 26.0 Å². The number of carbonyl (C=O) groups is 5. The Morgan fingerprint density at radius 1 is 0.906 bits per heavy atom. The Labute approximate surface area is 308 Å². The van der Waals surface area contributed by atoms with E-state index in [4.69, 9.17) is 0 Å². The summed E-state index contributed by atoms with van der Waals surface area (Å²) >= 11 is 0. The Bertz CT molecular complexity index is 2110. The number of H-pyrrole nitrogens is 1. The van der Waals surface area contributed by atoms with Crippen molar-refractivity contribution in [2.45, 2.75) is 76.9 Å². The molecule has 2 unspecified atom stereocenters. The number of aromatic nitrogens is 1. The molecule has 9 rings (SSSR count). The second-order valence-electron chi connectivity index (χ2n) is 16.5. The first-order valence-electron chi connectivity index (χ1n) is 18.9. The van der Waals surface area contributed by atoms with Crippen LogP contribution in [0.15, 0.2) is 53.7 Å². The lowest BCUT2D eigenvalue weighted by Gasteiger charge is -2.47. The zero-order valence-corrected chi connectivity index (χ0v) is 30.5. The van der Waals surface area contributed by atoms with Gasteiger partial charge in [0.25, 0.3) is 11.8 Å². The quantitative estimate of drug-likeness (QED) is 0.280. The lowest BCUT2D eigenvalue weighted by atomic mass is 9.75. The number of benzene rings is 2. The average molecular weight is 719 g/mol. The number of nitrogens with zero attached hydrogens (tertiary/aromatic N) is 4. The van der Waals surface area contributed by atoms with Crippen LogP contribution in [-0.2, 0) is 14.4 Å². The van der Waals surface area contributed by atoms with Crippen molar-refractivity contribution in [3.05, 3.63) is 70.6 Å². The van der Waals surface area contributed by atoms with E-state index in [1.807, 2.05) is 19.2 Å². The van der Waals surface area contributed by atoms with Gasteiger partial charge in [-0.3, -0.25) is 39.1 Å². The number of amides is 5. The Morgan fingerprint density at radius 2 is 1.68 bits per heavy atom. The molecule has 0 radical (unpaired) electrons. The molecule has 3 saturated heterocycles. The maximum Gasteiger partial charge on any atom is 0.262 e. The molecule has 1 aliphatic carbocycles. The first-order chi connectivity index (χ1) is 25.4. The van der Waals surface area contributed by atoms with Gasteiger partial charge in [0.15, 0.2) is 0 Å². The molecule has 0 saturated carbocycles. The van der Waals surface area contributed by atoms with Gasteiger partial charge in [-0.1, -0.05) is 19.9 Å². The third-order valence-corrected chi connectivity index (χ3v) is 12.5. The van der Waals surface area contributed by atoms with E-state index in [2.05, 4.69) is 63.0 Å². The van der Waals surface area contributed by atoms with Crippen LogP contribution in [0.25, 0.3) is 10.9 Å². The van der Waals surface area contributed by atoms with Crippen LogP contribution in [0.5, 0.6) is 0 Å². The minimum Gasteiger partial charge on any atom is -0.371 e. The van der Waals surface area contributed by atoms with Crippen molar-refractivity contribution >= 4 is 51.8 Å². The van der Waals surface area contributed by atoms with Crippen LogP contribution in [0.4, 0.5) is 11.4 Å². The van der Waals surface area contributed by atoms with Crippen molar-refractivity contribution in [2.24, 2.45) is 11.3 Å². The van der Waals surface area contributed by atoms with Gasteiger partial charge in [0, 0.05) is 74.0 Å². The van der Waals surface area contributed by atoms with Crippen LogP contribution in [-0.4, -0.2) is 89.6 Å². The summed E-state index contributed by atoms with van der Waals surface area (Å²) < 4.78 is 0. The number of allylic oxidation sites excluding steroid dienone is 1. The van der Waals surface area contributed by atoms with Crippen LogP contribution in [0.2, 0.25) is 0 Å². The third kappa shape index (κ3) is 5.81. The SMILES string of the molecule is CN(C(=O)C1CN(C2CCN(c3ccc4c(c3)C(=O)N(C3CCC(=O)NC3=O)C4=O)CC2)C1)c1ccc2cc(C3NNC4=C3CCC(C)(C)C4)[nH]c2c1. The van der Waals surface area contributed by atoms with Crippen molar-refractivity contribution < 1.29 is 24.0 Å². The lowest BCUT2D eigenvalue weighted by Crippen LogP contribution is -2.59. The minimum absolute atomic E-state index is 0.0461. The standard InChI is InChI=1S/C40H46N8O5/c1-40(2)13-10-28-32(19-40)43-44-35(28)31-16-22-4-5-25(18-30(22)41-31)45(3)37(51)23-20-47(21-23)24-11-14-46(15-12-24)26-6-7-27-29(17-26)39(53)48(38(27)52)33-8-9-34(49)42-36(33)50/h4-7,16-18,23-24,33,35,41,43-44H,8-15,19-21H2,1-3H3,(H,42,49,50). The van der Waals surface area contributed by atoms with E-state index in [1.54, 1.807) is 17.0 Å². The molecule has 4 N–H and O–H groups in total. The van der Waals surface area contributed by atoms with Gasteiger partial charge in [-0.05, 0) is 91.3 Å². The van der Waals surface area contributed by atoms with Gasteiger partial charge >= 0.3 is 0 Å². The fraction of sp³-hybridized carbons (Fsp3) is 0.475. The minimum atomic E-state index is -0.976. The molecule has 0 bridgehead atoms. The van der Waals surface area contributed by atoms with Gasteiger partial charge in [0.05, 0.1) is 23.1 Å². The number of hydrogen-bond donors (Lipinski definition) is 4. The monoisotopic (exact) mass is 718 g/mol. The summed E-state index contributed by atoms with van der Waals surface area (Å²) in [5.74, 6) is -1.90. The second kappa shape index (κ2) is 12.6. The Morgan fingerprint density at radius 3 is 2.45 bits per heavy atom. The molecular weight excluding hydrogens is 672 g/mol. The van der Waals surface area contributed by atoms with Crippen molar-refractivity contribution in [3.63, 3.8) is 0 Å². The lowest BCUT2D eigenvalue weighted by molar-refractivity contribution is -0.136. The molecule has 5 amide bonds. The van der Waals surface area contributed by atoms with Crippen molar-refractivity contribution in [3.8, 4) is 0 Å². The number of anilines is 2. The molecule has 3 aromatic rings. The number of imide groups is 2. The topological polar surface area (TPSA) is 150 Å². The first-order valence-corrected chi connectivity index (χ1v) is 18.9. The number of hydrazine groups is 1. The number of carbonyl (C=O) groups excluding carboxylic acids is 5. The molecule has 13 nitrogen and oxygen atoms in total. The second-order valence-corrected chi connectivity index (χ2v) is 16.5. The van der Waals surface area contributed by atoms with E-state index in [9.17, 15) is 24.0 Å². The van der Waals surface area contributed by atoms with Crippen molar-refractivity contribution in [2.75, 3.05) is 43.0 Å². The van der Waals surface area contributed by atoms with Gasteiger partial charge in [-0.2, -0.15) is 0 Å². The summed E-state index contributed by atoms with van der Waals surface area (Å²) in [6.07, 6.45) is 5.39. The van der Waals surface area contributed by atoms with E-state index in [-0.39, 0.29) is 36.3 Å². The molecule has 2 atom stereocenters. The Balaban J connectivity index is 0.788. The first kappa shape index (κ1) is 33.8. The van der Waals surface area contributed by atoms with E-state index in [0.29, 0.717) is 17.0 Å². The molecule has 0 spiro atoms. The summed E-state index contributed by atoms with van der Waals surface area (Å²) in [7, 11) is 1.87. The van der Waals surface area contributed by atoms with Gasteiger partial charge < -0.3 is 20.2 Å². The molecule has 13 heteroatoms. The van der Waals surface area contributed by atoms with E-state index < -0.39 is 29.7 Å². The fourth-order valence-corrected chi connectivity index (χ4v) is 9.27. The molecular formula is C40H46N8O5. The molecule has 6 aliphatic rings. The van der Waals surface area contributed by atoms with Crippen molar-refractivity contribution in [1.82, 2.24) is 31.0 Å². The smallest absolute Gasteiger partial charge is 0.262 e. The van der Waals surface area contributed by atoms with Gasteiger partial charge in [0.2, 0.25) is 17.7 Å². The molecule has 3 fully saturated rings. The van der Waals surface area contributed by atoms with Gasteiger partial charge in [-0.15, -0.1) is 0 Å². The predicted molar refractivity (Wildman–Crippen MR) is 199 cm³/mol. The molecule has 2 aromatic carbocycles. The number of nitrogens with one attached hydrogen (secondary N) is 4. The number of fused-ring (bicyclic) bond motifs is 2. The number of rotatable bonds is 6. The summed E-state index contributed by atoms with van der Waals surface area (Å²) in [6, 6.07) is 13.3. The number of likely N-dealkylation sites (tertiary alicyclic amines) is 1. The Kier molecular flexibility index (Phi) is 8.00. The highest BCUT2D eigenvalue weighted by molar-refractivity contribution is 6.23. The molecule has 53 heavy (non-hydrogen) atoms. The fourth-order valence-electron chi connectivity index (χ4n) is 9.27.